The standard InChI is InChI=1S/C18H20N4O2S/c1-4-24-16-7-5-14(6-8-16)19-17(23)10-15-11-25-18(20-15)22-13(3)9-12(2)21-22/h5-9,11H,4,10H2,1-3H3,(H,19,23). The van der Waals surface area contributed by atoms with Gasteiger partial charge in [-0.05, 0) is 51.1 Å². The van der Waals surface area contributed by atoms with Crippen molar-refractivity contribution < 1.29 is 9.53 Å². The van der Waals surface area contributed by atoms with E-state index < -0.39 is 0 Å². The van der Waals surface area contributed by atoms with Crippen LogP contribution in [0.1, 0.15) is 24.0 Å². The number of ether oxygens (including phenoxy) is 1. The summed E-state index contributed by atoms with van der Waals surface area (Å²) in [7, 11) is 0. The van der Waals surface area contributed by atoms with Crippen molar-refractivity contribution in [2.75, 3.05) is 11.9 Å². The number of anilines is 1. The molecule has 0 saturated carbocycles. The summed E-state index contributed by atoms with van der Waals surface area (Å²) in [6.45, 7) is 6.49. The minimum Gasteiger partial charge on any atom is -0.494 e. The van der Waals surface area contributed by atoms with Crippen LogP contribution >= 0.6 is 11.3 Å². The summed E-state index contributed by atoms with van der Waals surface area (Å²) in [6.07, 6.45) is 0.225. The molecule has 0 saturated heterocycles. The van der Waals surface area contributed by atoms with Crippen LogP contribution in [0.5, 0.6) is 5.75 Å². The number of aryl methyl sites for hydroxylation is 2. The molecule has 7 heteroatoms. The molecule has 0 atom stereocenters. The molecule has 1 N–H and O–H groups in total. The number of thiazole rings is 1. The Morgan fingerprint density at radius 1 is 1.28 bits per heavy atom. The van der Waals surface area contributed by atoms with Crippen molar-refractivity contribution in [1.82, 2.24) is 14.8 Å². The van der Waals surface area contributed by atoms with Gasteiger partial charge in [0.1, 0.15) is 5.75 Å². The van der Waals surface area contributed by atoms with E-state index in [1.54, 1.807) is 4.68 Å². The summed E-state index contributed by atoms with van der Waals surface area (Å²) in [5, 5.41) is 9.95. The molecule has 0 unspecified atom stereocenters. The zero-order chi connectivity index (χ0) is 17.8. The summed E-state index contributed by atoms with van der Waals surface area (Å²) in [5.74, 6) is 0.684. The number of rotatable bonds is 6. The van der Waals surface area contributed by atoms with Gasteiger partial charge in [0.25, 0.3) is 0 Å². The fourth-order valence-corrected chi connectivity index (χ4v) is 3.30. The van der Waals surface area contributed by atoms with Crippen molar-refractivity contribution in [3.05, 3.63) is 52.8 Å². The lowest BCUT2D eigenvalue weighted by Crippen LogP contribution is -2.14. The average Bonchev–Trinajstić information content (AvgIpc) is 3.15. The van der Waals surface area contributed by atoms with Crippen LogP contribution in [0.25, 0.3) is 5.13 Å². The van der Waals surface area contributed by atoms with Gasteiger partial charge in [-0.1, -0.05) is 0 Å². The Morgan fingerprint density at radius 2 is 2.04 bits per heavy atom. The maximum Gasteiger partial charge on any atom is 0.230 e. The Labute approximate surface area is 150 Å². The van der Waals surface area contributed by atoms with E-state index in [0.29, 0.717) is 6.61 Å². The number of hydrogen-bond donors (Lipinski definition) is 1. The van der Waals surface area contributed by atoms with Crippen molar-refractivity contribution in [3.63, 3.8) is 0 Å². The maximum absolute atomic E-state index is 12.2. The molecule has 3 aromatic rings. The Morgan fingerprint density at radius 3 is 2.68 bits per heavy atom. The number of amides is 1. The molecule has 0 aliphatic carbocycles. The first-order valence-corrected chi connectivity index (χ1v) is 8.94. The van der Waals surface area contributed by atoms with Crippen molar-refractivity contribution >= 4 is 22.9 Å². The average molecular weight is 356 g/mol. The molecule has 0 fully saturated rings. The predicted molar refractivity (Wildman–Crippen MR) is 98.7 cm³/mol. The first kappa shape index (κ1) is 17.2. The van der Waals surface area contributed by atoms with E-state index in [0.717, 1.165) is 33.7 Å². The fraction of sp³-hybridized carbons (Fsp3) is 0.278. The third kappa shape index (κ3) is 4.24. The van der Waals surface area contributed by atoms with Gasteiger partial charge < -0.3 is 10.1 Å². The van der Waals surface area contributed by atoms with Gasteiger partial charge in [0.05, 0.1) is 24.4 Å². The van der Waals surface area contributed by atoms with E-state index in [9.17, 15) is 4.79 Å². The zero-order valence-electron chi connectivity index (χ0n) is 14.4. The summed E-state index contributed by atoms with van der Waals surface area (Å²) in [4.78, 5) is 16.7. The molecular weight excluding hydrogens is 336 g/mol. The smallest absolute Gasteiger partial charge is 0.230 e. The van der Waals surface area contributed by atoms with Gasteiger partial charge in [-0.15, -0.1) is 11.3 Å². The fourth-order valence-electron chi connectivity index (χ4n) is 2.47. The molecule has 0 aliphatic heterocycles. The van der Waals surface area contributed by atoms with Crippen LogP contribution in [0.15, 0.2) is 35.7 Å². The molecule has 3 rings (SSSR count). The molecule has 1 aromatic carbocycles. The second-order valence-corrected chi connectivity index (χ2v) is 6.48. The predicted octanol–water partition coefficient (Wildman–Crippen LogP) is 3.53. The number of benzene rings is 1. The van der Waals surface area contributed by atoms with Gasteiger partial charge in [-0.2, -0.15) is 5.10 Å². The second kappa shape index (κ2) is 7.48. The molecule has 2 aromatic heterocycles. The van der Waals surface area contributed by atoms with E-state index in [4.69, 9.17) is 4.74 Å². The van der Waals surface area contributed by atoms with Crippen molar-refractivity contribution in [3.8, 4) is 10.9 Å². The largest absolute Gasteiger partial charge is 0.494 e. The topological polar surface area (TPSA) is 69.0 Å². The van der Waals surface area contributed by atoms with Crippen LogP contribution in [0.2, 0.25) is 0 Å². The first-order chi connectivity index (χ1) is 12.0. The number of carbonyl (C=O) groups excluding carboxylic acids is 1. The Bertz CT molecular complexity index is 868. The molecule has 130 valence electrons. The van der Waals surface area contributed by atoms with Crippen LogP contribution in [0.3, 0.4) is 0 Å². The summed E-state index contributed by atoms with van der Waals surface area (Å²) >= 11 is 1.48. The molecule has 0 aliphatic rings. The zero-order valence-corrected chi connectivity index (χ0v) is 15.3. The molecule has 1 amide bonds. The highest BCUT2D eigenvalue weighted by Crippen LogP contribution is 2.19. The molecule has 0 radical (unpaired) electrons. The van der Waals surface area contributed by atoms with Crippen LogP contribution < -0.4 is 10.1 Å². The second-order valence-electron chi connectivity index (χ2n) is 5.64. The molecule has 0 bridgehead atoms. The molecule has 0 spiro atoms. The Hall–Kier alpha value is -2.67. The van der Waals surface area contributed by atoms with Gasteiger partial charge in [-0.3, -0.25) is 4.79 Å². The highest BCUT2D eigenvalue weighted by Gasteiger charge is 2.11. The molecular formula is C18H20N4O2S. The quantitative estimate of drug-likeness (QED) is 0.734. The van der Waals surface area contributed by atoms with Gasteiger partial charge >= 0.3 is 0 Å². The number of carbonyl (C=O) groups is 1. The number of aromatic nitrogens is 3. The van der Waals surface area contributed by atoms with Gasteiger partial charge in [0.2, 0.25) is 11.0 Å². The van der Waals surface area contributed by atoms with Crippen molar-refractivity contribution in [2.24, 2.45) is 0 Å². The number of nitrogens with zero attached hydrogens (tertiary/aromatic N) is 3. The Kier molecular flexibility index (Phi) is 5.14. The maximum atomic E-state index is 12.2. The lowest BCUT2D eigenvalue weighted by Gasteiger charge is -2.06. The van der Waals surface area contributed by atoms with Crippen LogP contribution in [0.4, 0.5) is 5.69 Å². The van der Waals surface area contributed by atoms with Crippen molar-refractivity contribution in [1.29, 1.82) is 0 Å². The normalized spacial score (nSPS) is 10.7. The third-order valence-electron chi connectivity index (χ3n) is 3.52. The van der Waals surface area contributed by atoms with Crippen LogP contribution in [-0.4, -0.2) is 27.3 Å². The highest BCUT2D eigenvalue weighted by molar-refractivity contribution is 7.12. The highest BCUT2D eigenvalue weighted by atomic mass is 32.1. The SMILES string of the molecule is CCOc1ccc(NC(=O)Cc2csc(-n3nc(C)cc3C)n2)cc1. The van der Waals surface area contributed by atoms with Gasteiger partial charge in [0, 0.05) is 16.8 Å². The van der Waals surface area contributed by atoms with E-state index in [-0.39, 0.29) is 12.3 Å². The summed E-state index contributed by atoms with van der Waals surface area (Å²) in [5.41, 5.74) is 3.44. The third-order valence-corrected chi connectivity index (χ3v) is 4.39. The summed E-state index contributed by atoms with van der Waals surface area (Å²) < 4.78 is 7.19. The lowest BCUT2D eigenvalue weighted by atomic mass is 10.2. The molecule has 2 heterocycles. The molecule has 25 heavy (non-hydrogen) atoms. The van der Waals surface area contributed by atoms with E-state index >= 15 is 0 Å². The first-order valence-electron chi connectivity index (χ1n) is 8.06. The van der Waals surface area contributed by atoms with Crippen LogP contribution in [0, 0.1) is 13.8 Å². The van der Waals surface area contributed by atoms with Crippen molar-refractivity contribution in [2.45, 2.75) is 27.2 Å². The lowest BCUT2D eigenvalue weighted by molar-refractivity contribution is -0.115. The minimum atomic E-state index is -0.102. The minimum absolute atomic E-state index is 0.102. The molecule has 6 nitrogen and oxygen atoms in total. The van der Waals surface area contributed by atoms with Gasteiger partial charge in [-0.25, -0.2) is 9.67 Å². The van der Waals surface area contributed by atoms with E-state index in [2.05, 4.69) is 15.4 Å². The summed E-state index contributed by atoms with van der Waals surface area (Å²) in [6, 6.07) is 9.32. The number of hydrogen-bond acceptors (Lipinski definition) is 5. The van der Waals surface area contributed by atoms with E-state index in [1.165, 1.54) is 11.3 Å². The van der Waals surface area contributed by atoms with Crippen LogP contribution in [-0.2, 0) is 11.2 Å². The number of nitrogens with one attached hydrogen (secondary N) is 1. The van der Waals surface area contributed by atoms with E-state index in [1.807, 2.05) is 56.5 Å². The van der Waals surface area contributed by atoms with Gasteiger partial charge in [0.15, 0.2) is 0 Å². The Balaban J connectivity index is 1.62. The monoisotopic (exact) mass is 356 g/mol.